The van der Waals surface area contributed by atoms with Crippen molar-refractivity contribution in [3.63, 3.8) is 0 Å². The van der Waals surface area contributed by atoms with Crippen LogP contribution in [0.2, 0.25) is 0 Å². The zero-order chi connectivity index (χ0) is 18.5. The Kier molecular flexibility index (Phi) is 5.56. The highest BCUT2D eigenvalue weighted by Gasteiger charge is 2.33. The second-order valence-corrected chi connectivity index (χ2v) is 6.56. The molecule has 2 aromatic rings. The lowest BCUT2D eigenvalue weighted by Crippen LogP contribution is -2.32. The minimum atomic E-state index is -0.00770. The van der Waals surface area contributed by atoms with Gasteiger partial charge in [-0.1, -0.05) is 29.8 Å². The third-order valence-corrected chi connectivity index (χ3v) is 4.46. The van der Waals surface area contributed by atoms with Crippen LogP contribution in [-0.2, 0) is 11.3 Å². The average molecular weight is 352 g/mol. The molecule has 1 N–H and O–H groups in total. The van der Waals surface area contributed by atoms with E-state index in [1.54, 1.807) is 18.2 Å². The molecule has 1 aliphatic rings. The fraction of sp³-hybridized carbons (Fsp3) is 0.333. The topological polar surface area (TPSA) is 58.6 Å². The van der Waals surface area contributed by atoms with Crippen LogP contribution < -0.4 is 10.1 Å². The molecule has 0 saturated heterocycles. The average Bonchev–Trinajstić information content (AvgIpc) is 3.47. The summed E-state index contributed by atoms with van der Waals surface area (Å²) < 4.78 is 5.58. The third kappa shape index (κ3) is 4.23. The smallest absolute Gasteiger partial charge is 0.254 e. The van der Waals surface area contributed by atoms with Gasteiger partial charge >= 0.3 is 0 Å². The Morgan fingerprint density at radius 3 is 2.58 bits per heavy atom. The summed E-state index contributed by atoms with van der Waals surface area (Å²) in [6, 6.07) is 13.7. The van der Waals surface area contributed by atoms with E-state index in [1.165, 1.54) is 5.56 Å². The van der Waals surface area contributed by atoms with Crippen molar-refractivity contribution in [2.45, 2.75) is 39.3 Å². The molecule has 5 nitrogen and oxygen atoms in total. The lowest BCUT2D eigenvalue weighted by molar-refractivity contribution is -0.105. The number of carbonyl (C=O) groups excluding carboxylic acids is 2. The first-order valence-electron chi connectivity index (χ1n) is 8.96. The van der Waals surface area contributed by atoms with Gasteiger partial charge in [0.2, 0.25) is 6.41 Å². The van der Waals surface area contributed by atoms with Gasteiger partial charge in [0.15, 0.2) is 0 Å². The van der Waals surface area contributed by atoms with Gasteiger partial charge in [-0.05, 0) is 50.5 Å². The minimum Gasteiger partial charge on any atom is -0.492 e. The highest BCUT2D eigenvalue weighted by Crippen LogP contribution is 2.32. The molecule has 2 aromatic carbocycles. The number of ether oxygens (including phenoxy) is 1. The van der Waals surface area contributed by atoms with Crippen molar-refractivity contribution in [2.24, 2.45) is 0 Å². The Labute approximate surface area is 154 Å². The maximum absolute atomic E-state index is 13.1. The summed E-state index contributed by atoms with van der Waals surface area (Å²) >= 11 is 0. The molecule has 1 saturated carbocycles. The largest absolute Gasteiger partial charge is 0.492 e. The highest BCUT2D eigenvalue weighted by atomic mass is 16.5. The zero-order valence-electron chi connectivity index (χ0n) is 15.2. The summed E-state index contributed by atoms with van der Waals surface area (Å²) in [6.45, 7) is 4.98. The number of hydrogen-bond acceptors (Lipinski definition) is 3. The van der Waals surface area contributed by atoms with E-state index in [9.17, 15) is 9.59 Å². The number of aryl methyl sites for hydroxylation is 1. The molecule has 0 heterocycles. The molecule has 0 radical (unpaired) electrons. The van der Waals surface area contributed by atoms with Crippen LogP contribution in [0.5, 0.6) is 5.75 Å². The third-order valence-electron chi connectivity index (χ3n) is 4.46. The molecule has 136 valence electrons. The van der Waals surface area contributed by atoms with E-state index in [2.05, 4.69) is 36.5 Å². The number of rotatable bonds is 8. The Balaban J connectivity index is 1.83. The van der Waals surface area contributed by atoms with Gasteiger partial charge in [-0.15, -0.1) is 0 Å². The molecule has 0 spiro atoms. The van der Waals surface area contributed by atoms with Crippen molar-refractivity contribution in [3.05, 3.63) is 59.2 Å². The Hall–Kier alpha value is -2.82. The van der Waals surface area contributed by atoms with Gasteiger partial charge in [-0.2, -0.15) is 0 Å². The molecule has 0 aliphatic heterocycles. The summed E-state index contributed by atoms with van der Waals surface area (Å²) in [6.07, 6.45) is 2.69. The predicted octanol–water partition coefficient (Wildman–Crippen LogP) is 3.77. The van der Waals surface area contributed by atoms with Crippen LogP contribution in [0.4, 0.5) is 5.69 Å². The molecule has 0 unspecified atom stereocenters. The van der Waals surface area contributed by atoms with Gasteiger partial charge < -0.3 is 15.0 Å². The van der Waals surface area contributed by atoms with Crippen molar-refractivity contribution < 1.29 is 14.3 Å². The summed E-state index contributed by atoms with van der Waals surface area (Å²) in [4.78, 5) is 25.8. The SMILES string of the molecule is CCOc1cc(C(=O)N(Cc2ccc(C)cc2)C2CC2)ccc1NC=O. The lowest BCUT2D eigenvalue weighted by atomic mass is 10.1. The Morgan fingerprint density at radius 1 is 1.23 bits per heavy atom. The summed E-state index contributed by atoms with van der Waals surface area (Å²) in [5.74, 6) is 0.503. The van der Waals surface area contributed by atoms with Crippen LogP contribution in [0.1, 0.15) is 41.3 Å². The van der Waals surface area contributed by atoms with Crippen LogP contribution in [0.3, 0.4) is 0 Å². The van der Waals surface area contributed by atoms with Crippen molar-refractivity contribution in [1.82, 2.24) is 4.90 Å². The van der Waals surface area contributed by atoms with Crippen molar-refractivity contribution in [2.75, 3.05) is 11.9 Å². The highest BCUT2D eigenvalue weighted by molar-refractivity contribution is 5.96. The van der Waals surface area contributed by atoms with E-state index < -0.39 is 0 Å². The van der Waals surface area contributed by atoms with Crippen molar-refractivity contribution in [3.8, 4) is 5.75 Å². The van der Waals surface area contributed by atoms with E-state index in [4.69, 9.17) is 4.74 Å². The summed E-state index contributed by atoms with van der Waals surface area (Å²) in [7, 11) is 0. The number of nitrogens with zero attached hydrogens (tertiary/aromatic N) is 1. The van der Waals surface area contributed by atoms with Gasteiger partial charge in [0.25, 0.3) is 5.91 Å². The molecule has 26 heavy (non-hydrogen) atoms. The lowest BCUT2D eigenvalue weighted by Gasteiger charge is -2.23. The normalized spacial score (nSPS) is 13.2. The van der Waals surface area contributed by atoms with E-state index in [-0.39, 0.29) is 5.91 Å². The van der Waals surface area contributed by atoms with Crippen LogP contribution in [-0.4, -0.2) is 29.9 Å². The van der Waals surface area contributed by atoms with Crippen molar-refractivity contribution in [1.29, 1.82) is 0 Å². The van der Waals surface area contributed by atoms with Gasteiger partial charge in [0.1, 0.15) is 5.75 Å². The molecule has 5 heteroatoms. The molecule has 0 bridgehead atoms. The molecule has 0 aromatic heterocycles. The van der Waals surface area contributed by atoms with Gasteiger partial charge in [-0.25, -0.2) is 0 Å². The minimum absolute atomic E-state index is 0.00770. The van der Waals surface area contributed by atoms with Gasteiger partial charge in [-0.3, -0.25) is 9.59 Å². The first-order valence-corrected chi connectivity index (χ1v) is 8.96. The molecule has 2 amide bonds. The Morgan fingerprint density at radius 2 is 1.96 bits per heavy atom. The van der Waals surface area contributed by atoms with Crippen LogP contribution in [0.25, 0.3) is 0 Å². The molecule has 3 rings (SSSR count). The second-order valence-electron chi connectivity index (χ2n) is 6.56. The number of anilines is 1. The van der Waals surface area contributed by atoms with Crippen LogP contribution in [0, 0.1) is 6.92 Å². The predicted molar refractivity (Wildman–Crippen MR) is 101 cm³/mol. The van der Waals surface area contributed by atoms with Crippen LogP contribution >= 0.6 is 0 Å². The van der Waals surface area contributed by atoms with Crippen LogP contribution in [0.15, 0.2) is 42.5 Å². The summed E-state index contributed by atoms with van der Waals surface area (Å²) in [5.41, 5.74) is 3.47. The first kappa shape index (κ1) is 18.0. The number of carbonyl (C=O) groups is 2. The van der Waals surface area contributed by atoms with E-state index in [1.807, 2.05) is 11.8 Å². The second kappa shape index (κ2) is 8.04. The molecular weight excluding hydrogens is 328 g/mol. The standard InChI is InChI=1S/C21H24N2O3/c1-3-26-20-12-17(8-11-19(20)22-14-24)21(25)23(18-9-10-18)13-16-6-4-15(2)5-7-16/h4-8,11-12,14,18H,3,9-10,13H2,1-2H3,(H,22,24). The monoisotopic (exact) mass is 352 g/mol. The number of hydrogen-bond donors (Lipinski definition) is 1. The van der Waals surface area contributed by atoms with Gasteiger partial charge in [0, 0.05) is 18.2 Å². The fourth-order valence-electron chi connectivity index (χ4n) is 2.92. The first-order chi connectivity index (χ1) is 12.6. The van der Waals surface area contributed by atoms with E-state index in [0.717, 1.165) is 18.4 Å². The maximum atomic E-state index is 13.1. The molecular formula is C21H24N2O3. The number of amides is 2. The number of nitrogens with one attached hydrogen (secondary N) is 1. The fourth-order valence-corrected chi connectivity index (χ4v) is 2.92. The summed E-state index contributed by atoms with van der Waals surface area (Å²) in [5, 5.41) is 2.61. The van der Waals surface area contributed by atoms with E-state index in [0.29, 0.717) is 42.6 Å². The molecule has 0 atom stereocenters. The van der Waals surface area contributed by atoms with E-state index >= 15 is 0 Å². The Bertz CT molecular complexity index is 782. The maximum Gasteiger partial charge on any atom is 0.254 e. The molecule has 1 aliphatic carbocycles. The zero-order valence-corrected chi connectivity index (χ0v) is 15.2. The molecule has 1 fully saturated rings. The van der Waals surface area contributed by atoms with Crippen molar-refractivity contribution >= 4 is 18.0 Å². The van der Waals surface area contributed by atoms with Gasteiger partial charge in [0.05, 0.1) is 12.3 Å². The quantitative estimate of drug-likeness (QED) is 0.736. The number of benzene rings is 2.